The van der Waals surface area contributed by atoms with E-state index < -0.39 is 0 Å². The predicted octanol–water partition coefficient (Wildman–Crippen LogP) is 3.04. The fourth-order valence-electron chi connectivity index (χ4n) is 2.38. The highest BCUT2D eigenvalue weighted by atomic mass is 32.1. The van der Waals surface area contributed by atoms with E-state index in [0.29, 0.717) is 6.61 Å². The van der Waals surface area contributed by atoms with Gasteiger partial charge in [0.15, 0.2) is 0 Å². The van der Waals surface area contributed by atoms with E-state index >= 15 is 0 Å². The van der Waals surface area contributed by atoms with E-state index in [1.807, 2.05) is 11.8 Å². The Morgan fingerprint density at radius 2 is 2.35 bits per heavy atom. The zero-order valence-corrected chi connectivity index (χ0v) is 11.5. The summed E-state index contributed by atoms with van der Waals surface area (Å²) in [6.07, 6.45) is 0.747. The Balaban J connectivity index is 2.20. The number of fused-ring (bicyclic) bond motifs is 1. The summed E-state index contributed by atoms with van der Waals surface area (Å²) in [5.41, 5.74) is 1.40. The summed E-state index contributed by atoms with van der Waals surface area (Å²) >= 11 is 1.79. The third-order valence-electron chi connectivity index (χ3n) is 3.12. The third kappa shape index (κ3) is 2.46. The van der Waals surface area contributed by atoms with Gasteiger partial charge < -0.3 is 9.64 Å². The molecule has 0 atom stereocenters. The van der Waals surface area contributed by atoms with Crippen molar-refractivity contribution in [2.45, 2.75) is 32.6 Å². The van der Waals surface area contributed by atoms with Gasteiger partial charge in [-0.15, -0.1) is 11.3 Å². The van der Waals surface area contributed by atoms with Crippen molar-refractivity contribution in [1.82, 2.24) is 4.90 Å². The van der Waals surface area contributed by atoms with Crippen LogP contribution in [0.2, 0.25) is 0 Å². The van der Waals surface area contributed by atoms with Crippen LogP contribution < -0.4 is 0 Å². The molecule has 0 saturated carbocycles. The molecular formula is C13H19NO2S. The zero-order chi connectivity index (χ0) is 12.5. The lowest BCUT2D eigenvalue weighted by Crippen LogP contribution is -2.40. The van der Waals surface area contributed by atoms with Gasteiger partial charge >= 0.3 is 6.09 Å². The minimum absolute atomic E-state index is 0.0206. The van der Waals surface area contributed by atoms with Gasteiger partial charge in [-0.3, -0.25) is 0 Å². The van der Waals surface area contributed by atoms with Gasteiger partial charge in [-0.05, 0) is 30.4 Å². The van der Waals surface area contributed by atoms with Crippen LogP contribution in [0.1, 0.15) is 31.2 Å². The Hall–Kier alpha value is -1.03. The Labute approximate surface area is 106 Å². The van der Waals surface area contributed by atoms with Crippen LogP contribution in [0.15, 0.2) is 11.4 Å². The van der Waals surface area contributed by atoms with Crippen LogP contribution in [-0.4, -0.2) is 30.7 Å². The molecule has 0 N–H and O–H groups in total. The Bertz CT molecular complexity index is 411. The summed E-state index contributed by atoms with van der Waals surface area (Å²) in [6.45, 7) is 8.17. The lowest BCUT2D eigenvalue weighted by atomic mass is 9.89. The molecule has 0 spiro atoms. The van der Waals surface area contributed by atoms with Gasteiger partial charge in [0.2, 0.25) is 0 Å². The Kier molecular flexibility index (Phi) is 3.43. The van der Waals surface area contributed by atoms with E-state index in [9.17, 15) is 4.79 Å². The summed E-state index contributed by atoms with van der Waals surface area (Å²) in [7, 11) is 0. The second kappa shape index (κ2) is 4.69. The smallest absolute Gasteiger partial charge is 0.409 e. The van der Waals surface area contributed by atoms with Crippen molar-refractivity contribution < 1.29 is 9.53 Å². The average molecular weight is 253 g/mol. The maximum Gasteiger partial charge on any atom is 0.409 e. The summed E-state index contributed by atoms with van der Waals surface area (Å²) in [6, 6.07) is 2.18. The first-order valence-electron chi connectivity index (χ1n) is 6.03. The predicted molar refractivity (Wildman–Crippen MR) is 69.6 cm³/mol. The molecule has 94 valence electrons. The Morgan fingerprint density at radius 3 is 3.06 bits per heavy atom. The first-order valence-corrected chi connectivity index (χ1v) is 6.91. The number of nitrogens with zero attached hydrogens (tertiary/aromatic N) is 1. The number of thiophene rings is 1. The highest BCUT2D eigenvalue weighted by molar-refractivity contribution is 7.10. The van der Waals surface area contributed by atoms with Crippen molar-refractivity contribution in [1.29, 1.82) is 0 Å². The van der Waals surface area contributed by atoms with Gasteiger partial charge in [-0.25, -0.2) is 4.79 Å². The molecule has 17 heavy (non-hydrogen) atoms. The fourth-order valence-corrected chi connectivity index (χ4v) is 3.45. The van der Waals surface area contributed by atoms with Gasteiger partial charge in [0.05, 0.1) is 6.61 Å². The lowest BCUT2D eigenvalue weighted by Gasteiger charge is -2.29. The number of ether oxygens (including phenoxy) is 1. The number of hydrogen-bond donors (Lipinski definition) is 0. The normalized spacial score (nSPS) is 18.4. The molecule has 0 bridgehead atoms. The molecule has 0 fully saturated rings. The van der Waals surface area contributed by atoms with E-state index in [1.54, 1.807) is 11.3 Å². The Morgan fingerprint density at radius 1 is 1.59 bits per heavy atom. The number of carbonyl (C=O) groups is 1. The van der Waals surface area contributed by atoms with Crippen LogP contribution in [0, 0.1) is 0 Å². The van der Waals surface area contributed by atoms with E-state index in [1.165, 1.54) is 10.4 Å². The summed E-state index contributed by atoms with van der Waals surface area (Å²) < 4.78 is 5.10. The average Bonchev–Trinajstić information content (AvgIpc) is 2.69. The lowest BCUT2D eigenvalue weighted by molar-refractivity contribution is 0.102. The molecule has 1 aromatic heterocycles. The van der Waals surface area contributed by atoms with Crippen LogP contribution in [0.3, 0.4) is 0 Å². The highest BCUT2D eigenvalue weighted by Crippen LogP contribution is 2.35. The molecule has 0 radical (unpaired) electrons. The molecular weight excluding hydrogens is 234 g/mol. The maximum absolute atomic E-state index is 11.8. The molecule has 0 aromatic carbocycles. The topological polar surface area (TPSA) is 29.5 Å². The standard InChI is InChI=1S/C13H19NO2S/c1-4-16-12(15)14-7-5-10-6-8-17-11(10)13(2,3)9-14/h6,8H,4-5,7,9H2,1-3H3. The van der Waals surface area contributed by atoms with Gasteiger partial charge in [-0.2, -0.15) is 0 Å². The molecule has 2 rings (SSSR count). The number of rotatable bonds is 1. The van der Waals surface area contributed by atoms with E-state index in [0.717, 1.165) is 19.5 Å². The first kappa shape index (κ1) is 12.4. The second-order valence-electron chi connectivity index (χ2n) is 5.03. The third-order valence-corrected chi connectivity index (χ3v) is 4.45. The van der Waals surface area contributed by atoms with Crippen molar-refractivity contribution in [2.75, 3.05) is 19.7 Å². The zero-order valence-electron chi connectivity index (χ0n) is 10.7. The maximum atomic E-state index is 11.8. The first-order chi connectivity index (χ1) is 8.04. The quantitative estimate of drug-likeness (QED) is 0.770. The van der Waals surface area contributed by atoms with Gasteiger partial charge in [-0.1, -0.05) is 13.8 Å². The van der Waals surface area contributed by atoms with Crippen LogP contribution >= 0.6 is 11.3 Å². The second-order valence-corrected chi connectivity index (χ2v) is 5.95. The van der Waals surface area contributed by atoms with Crippen molar-refractivity contribution in [3.63, 3.8) is 0 Å². The monoisotopic (exact) mass is 253 g/mol. The van der Waals surface area contributed by atoms with Crippen LogP contribution in [0.25, 0.3) is 0 Å². The number of hydrogen-bond acceptors (Lipinski definition) is 3. The molecule has 0 aliphatic carbocycles. The molecule has 4 heteroatoms. The molecule has 2 heterocycles. The number of carbonyl (C=O) groups excluding carboxylic acids is 1. The van der Waals surface area contributed by atoms with Crippen LogP contribution in [-0.2, 0) is 16.6 Å². The van der Waals surface area contributed by atoms with Crippen molar-refractivity contribution >= 4 is 17.4 Å². The summed E-state index contributed by atoms with van der Waals surface area (Å²) in [4.78, 5) is 15.1. The van der Waals surface area contributed by atoms with E-state index in [4.69, 9.17) is 4.74 Å². The minimum atomic E-state index is -0.185. The largest absolute Gasteiger partial charge is 0.450 e. The molecule has 1 aliphatic heterocycles. The highest BCUT2D eigenvalue weighted by Gasteiger charge is 2.33. The van der Waals surface area contributed by atoms with Gasteiger partial charge in [0, 0.05) is 23.4 Å². The summed E-state index contributed by atoms with van der Waals surface area (Å²) in [5.74, 6) is 0. The van der Waals surface area contributed by atoms with Crippen molar-refractivity contribution in [3.05, 3.63) is 21.9 Å². The SMILES string of the molecule is CCOC(=O)N1CCc2ccsc2C(C)(C)C1. The van der Waals surface area contributed by atoms with Gasteiger partial charge in [0.1, 0.15) is 0 Å². The van der Waals surface area contributed by atoms with E-state index in [2.05, 4.69) is 25.3 Å². The van der Waals surface area contributed by atoms with Crippen molar-refractivity contribution in [2.24, 2.45) is 0 Å². The van der Waals surface area contributed by atoms with Crippen molar-refractivity contribution in [3.8, 4) is 0 Å². The van der Waals surface area contributed by atoms with Gasteiger partial charge in [0.25, 0.3) is 0 Å². The molecule has 1 amide bonds. The van der Waals surface area contributed by atoms with Crippen LogP contribution in [0.5, 0.6) is 0 Å². The van der Waals surface area contributed by atoms with E-state index in [-0.39, 0.29) is 11.5 Å². The molecule has 0 saturated heterocycles. The summed E-state index contributed by atoms with van der Waals surface area (Å²) in [5, 5.41) is 2.15. The fraction of sp³-hybridized carbons (Fsp3) is 0.615. The molecule has 1 aliphatic rings. The molecule has 1 aromatic rings. The minimum Gasteiger partial charge on any atom is -0.450 e. The molecule has 0 unspecified atom stereocenters. The van der Waals surface area contributed by atoms with Crippen LogP contribution in [0.4, 0.5) is 4.79 Å². The molecule has 3 nitrogen and oxygen atoms in total. The number of amides is 1.